The Bertz CT molecular complexity index is 1030. The second-order valence-corrected chi connectivity index (χ2v) is 8.26. The molecule has 4 amide bonds. The number of nitriles is 1. The zero-order valence-corrected chi connectivity index (χ0v) is 19.1. The Hall–Kier alpha value is -3.80. The standard InChI is InChI=1S/C24H29N5O4/c1-4-16(2)21(27-24(32)26-19-8-5-7-18(13-19)14-25)23(31)28-10-11-29(17(3)15-28)22(30)20-9-6-12-33-20/h5-9,12-13,16-17,21H,4,10-11,15H2,1-3H3,(H2,26,27,32). The maximum atomic E-state index is 13.4. The molecule has 0 saturated carbocycles. The van der Waals surface area contributed by atoms with E-state index >= 15 is 0 Å². The van der Waals surface area contributed by atoms with Crippen molar-refractivity contribution >= 4 is 23.5 Å². The van der Waals surface area contributed by atoms with Crippen molar-refractivity contribution < 1.29 is 18.8 Å². The van der Waals surface area contributed by atoms with Gasteiger partial charge in [0.15, 0.2) is 5.76 Å². The monoisotopic (exact) mass is 451 g/mol. The molecule has 2 heterocycles. The van der Waals surface area contributed by atoms with Crippen LogP contribution in [0.5, 0.6) is 0 Å². The number of amides is 4. The van der Waals surface area contributed by atoms with E-state index in [9.17, 15) is 14.4 Å². The van der Waals surface area contributed by atoms with Gasteiger partial charge in [0.25, 0.3) is 5.91 Å². The molecule has 1 aromatic carbocycles. The van der Waals surface area contributed by atoms with Crippen LogP contribution in [0.15, 0.2) is 47.1 Å². The summed E-state index contributed by atoms with van der Waals surface area (Å²) in [6.07, 6.45) is 2.16. The molecule has 1 aliphatic heterocycles. The van der Waals surface area contributed by atoms with Gasteiger partial charge in [0.2, 0.25) is 5.91 Å². The number of urea groups is 1. The minimum Gasteiger partial charge on any atom is -0.459 e. The number of nitrogens with zero attached hydrogens (tertiary/aromatic N) is 3. The number of benzene rings is 1. The van der Waals surface area contributed by atoms with Crippen LogP contribution in [0.4, 0.5) is 10.5 Å². The largest absolute Gasteiger partial charge is 0.459 e. The molecule has 174 valence electrons. The van der Waals surface area contributed by atoms with Gasteiger partial charge in [-0.2, -0.15) is 5.26 Å². The number of nitrogens with one attached hydrogen (secondary N) is 2. The molecule has 9 heteroatoms. The van der Waals surface area contributed by atoms with Gasteiger partial charge in [0, 0.05) is 31.4 Å². The van der Waals surface area contributed by atoms with Crippen molar-refractivity contribution in [3.8, 4) is 6.07 Å². The van der Waals surface area contributed by atoms with E-state index in [0.717, 1.165) is 0 Å². The number of hydrogen-bond acceptors (Lipinski definition) is 5. The zero-order valence-electron chi connectivity index (χ0n) is 19.1. The summed E-state index contributed by atoms with van der Waals surface area (Å²) in [5, 5.41) is 14.5. The summed E-state index contributed by atoms with van der Waals surface area (Å²) in [5.41, 5.74) is 0.902. The van der Waals surface area contributed by atoms with Crippen LogP contribution in [-0.2, 0) is 4.79 Å². The van der Waals surface area contributed by atoms with Gasteiger partial charge in [-0.3, -0.25) is 9.59 Å². The third kappa shape index (κ3) is 5.71. The lowest BCUT2D eigenvalue weighted by Crippen LogP contribution is -2.60. The van der Waals surface area contributed by atoms with Crippen LogP contribution in [0.1, 0.15) is 43.3 Å². The van der Waals surface area contributed by atoms with Crippen LogP contribution in [0, 0.1) is 17.2 Å². The Kier molecular flexibility index (Phi) is 7.72. The van der Waals surface area contributed by atoms with E-state index in [2.05, 4.69) is 10.6 Å². The first-order chi connectivity index (χ1) is 15.8. The van der Waals surface area contributed by atoms with E-state index in [1.54, 1.807) is 46.2 Å². The second kappa shape index (κ2) is 10.7. The number of anilines is 1. The molecule has 2 aromatic rings. The number of carbonyl (C=O) groups is 3. The molecule has 3 atom stereocenters. The molecular formula is C24H29N5O4. The highest BCUT2D eigenvalue weighted by atomic mass is 16.3. The highest BCUT2D eigenvalue weighted by molar-refractivity contribution is 5.94. The minimum absolute atomic E-state index is 0.0909. The lowest BCUT2D eigenvalue weighted by atomic mass is 9.97. The van der Waals surface area contributed by atoms with Gasteiger partial charge in [0.1, 0.15) is 6.04 Å². The Morgan fingerprint density at radius 2 is 2.03 bits per heavy atom. The Morgan fingerprint density at radius 3 is 2.67 bits per heavy atom. The molecule has 33 heavy (non-hydrogen) atoms. The van der Waals surface area contributed by atoms with Crippen molar-refractivity contribution in [1.82, 2.24) is 15.1 Å². The first kappa shape index (κ1) is 23.9. The van der Waals surface area contributed by atoms with Crippen LogP contribution in [0.2, 0.25) is 0 Å². The van der Waals surface area contributed by atoms with E-state index in [0.29, 0.717) is 37.3 Å². The van der Waals surface area contributed by atoms with Crippen molar-refractivity contribution in [2.75, 3.05) is 25.0 Å². The number of furan rings is 1. The lowest BCUT2D eigenvalue weighted by molar-refractivity contribution is -0.136. The van der Waals surface area contributed by atoms with Crippen molar-refractivity contribution in [1.29, 1.82) is 5.26 Å². The Labute approximate surface area is 193 Å². The lowest BCUT2D eigenvalue weighted by Gasteiger charge is -2.41. The van der Waals surface area contributed by atoms with E-state index in [1.165, 1.54) is 6.26 Å². The number of hydrogen-bond donors (Lipinski definition) is 2. The van der Waals surface area contributed by atoms with Crippen molar-refractivity contribution in [3.63, 3.8) is 0 Å². The van der Waals surface area contributed by atoms with Crippen LogP contribution < -0.4 is 10.6 Å². The van der Waals surface area contributed by atoms with E-state index < -0.39 is 12.1 Å². The third-order valence-corrected chi connectivity index (χ3v) is 5.95. The van der Waals surface area contributed by atoms with E-state index in [-0.39, 0.29) is 29.5 Å². The first-order valence-corrected chi connectivity index (χ1v) is 11.0. The van der Waals surface area contributed by atoms with Gasteiger partial charge < -0.3 is 24.9 Å². The molecule has 1 aromatic heterocycles. The fourth-order valence-electron chi connectivity index (χ4n) is 3.86. The van der Waals surface area contributed by atoms with Gasteiger partial charge in [-0.05, 0) is 43.2 Å². The van der Waals surface area contributed by atoms with Gasteiger partial charge in [-0.25, -0.2) is 4.79 Å². The topological polar surface area (TPSA) is 119 Å². The van der Waals surface area contributed by atoms with Gasteiger partial charge >= 0.3 is 6.03 Å². The molecule has 0 spiro atoms. The predicted octanol–water partition coefficient (Wildman–Crippen LogP) is 3.06. The minimum atomic E-state index is -0.714. The molecule has 0 bridgehead atoms. The normalized spacial score (nSPS) is 17.6. The van der Waals surface area contributed by atoms with Crippen LogP contribution >= 0.6 is 0 Å². The van der Waals surface area contributed by atoms with Crippen molar-refractivity contribution in [2.45, 2.75) is 39.3 Å². The molecule has 9 nitrogen and oxygen atoms in total. The number of piperazine rings is 1. The summed E-state index contributed by atoms with van der Waals surface area (Å²) in [5.74, 6) is -0.193. The summed E-state index contributed by atoms with van der Waals surface area (Å²) in [6.45, 7) is 6.89. The van der Waals surface area contributed by atoms with Crippen molar-refractivity contribution in [2.24, 2.45) is 5.92 Å². The summed E-state index contributed by atoms with van der Waals surface area (Å²) in [6, 6.07) is 10.5. The van der Waals surface area contributed by atoms with Crippen LogP contribution in [0.25, 0.3) is 0 Å². The molecule has 1 fully saturated rings. The fraction of sp³-hybridized carbons (Fsp3) is 0.417. The summed E-state index contributed by atoms with van der Waals surface area (Å²) in [7, 11) is 0. The Balaban J connectivity index is 1.65. The molecule has 1 saturated heterocycles. The predicted molar refractivity (Wildman–Crippen MR) is 122 cm³/mol. The molecule has 0 aliphatic carbocycles. The average molecular weight is 452 g/mol. The molecule has 0 radical (unpaired) electrons. The molecule has 1 aliphatic rings. The van der Waals surface area contributed by atoms with Gasteiger partial charge in [0.05, 0.1) is 17.9 Å². The molecular weight excluding hydrogens is 422 g/mol. The smallest absolute Gasteiger partial charge is 0.319 e. The maximum Gasteiger partial charge on any atom is 0.319 e. The van der Waals surface area contributed by atoms with Crippen LogP contribution in [0.3, 0.4) is 0 Å². The van der Waals surface area contributed by atoms with Crippen molar-refractivity contribution in [3.05, 3.63) is 54.0 Å². The Morgan fingerprint density at radius 1 is 1.24 bits per heavy atom. The SMILES string of the molecule is CCC(C)C(NC(=O)Nc1cccc(C#N)c1)C(=O)N1CCN(C(=O)c2ccco2)C(C)C1. The molecule has 3 unspecified atom stereocenters. The summed E-state index contributed by atoms with van der Waals surface area (Å²) in [4.78, 5) is 42.0. The highest BCUT2D eigenvalue weighted by Gasteiger charge is 2.36. The van der Waals surface area contributed by atoms with Gasteiger partial charge in [-0.1, -0.05) is 26.3 Å². The third-order valence-electron chi connectivity index (χ3n) is 5.95. The summed E-state index contributed by atoms with van der Waals surface area (Å²) < 4.78 is 5.22. The average Bonchev–Trinajstić information content (AvgIpc) is 3.36. The van der Waals surface area contributed by atoms with E-state index in [4.69, 9.17) is 9.68 Å². The fourth-order valence-corrected chi connectivity index (χ4v) is 3.86. The van der Waals surface area contributed by atoms with Crippen LogP contribution in [-0.4, -0.2) is 59.4 Å². The number of carbonyl (C=O) groups excluding carboxylic acids is 3. The second-order valence-electron chi connectivity index (χ2n) is 8.26. The zero-order chi connectivity index (χ0) is 24.0. The molecule has 2 N–H and O–H groups in total. The highest BCUT2D eigenvalue weighted by Crippen LogP contribution is 2.18. The molecule has 3 rings (SSSR count). The summed E-state index contributed by atoms with van der Waals surface area (Å²) >= 11 is 0. The quantitative estimate of drug-likeness (QED) is 0.700. The van der Waals surface area contributed by atoms with E-state index in [1.807, 2.05) is 26.8 Å². The maximum absolute atomic E-state index is 13.4. The first-order valence-electron chi connectivity index (χ1n) is 11.0. The van der Waals surface area contributed by atoms with Gasteiger partial charge in [-0.15, -0.1) is 0 Å². The number of rotatable bonds is 6.